The third kappa shape index (κ3) is 3.19. The van der Waals surface area contributed by atoms with Crippen LogP contribution in [0, 0.1) is 6.92 Å². The molecule has 25 heavy (non-hydrogen) atoms. The van der Waals surface area contributed by atoms with Gasteiger partial charge in [0.15, 0.2) is 11.4 Å². The lowest BCUT2D eigenvalue weighted by atomic mass is 10.1. The summed E-state index contributed by atoms with van der Waals surface area (Å²) in [7, 11) is 2.88. The average Bonchev–Trinajstić information content (AvgIpc) is 2.64. The molecule has 128 valence electrons. The third-order valence-electron chi connectivity index (χ3n) is 3.93. The Morgan fingerprint density at radius 1 is 1.04 bits per heavy atom. The molecular formula is C19H18N2O4. The van der Waals surface area contributed by atoms with Gasteiger partial charge in [-0.3, -0.25) is 0 Å². The van der Waals surface area contributed by atoms with E-state index in [1.165, 1.54) is 7.11 Å². The number of hydrogen-bond donors (Lipinski definition) is 2. The maximum absolute atomic E-state index is 11.7. The zero-order valence-corrected chi connectivity index (χ0v) is 14.2. The average molecular weight is 338 g/mol. The van der Waals surface area contributed by atoms with Gasteiger partial charge in [0, 0.05) is 27.8 Å². The molecule has 1 aromatic heterocycles. The Labute approximate surface area is 145 Å². The van der Waals surface area contributed by atoms with Gasteiger partial charge in [-0.25, -0.2) is 9.78 Å². The summed E-state index contributed by atoms with van der Waals surface area (Å²) in [6.45, 7) is 1.78. The Hall–Kier alpha value is -3.28. The molecule has 1 heterocycles. The lowest BCUT2D eigenvalue weighted by Crippen LogP contribution is -2.06. The quantitative estimate of drug-likeness (QED) is 0.705. The van der Waals surface area contributed by atoms with Crippen LogP contribution in [0.5, 0.6) is 11.5 Å². The van der Waals surface area contributed by atoms with Gasteiger partial charge in [-0.2, -0.15) is 0 Å². The number of hydrogen-bond acceptors (Lipinski definition) is 6. The number of aryl methyl sites for hydroxylation is 1. The molecule has 0 fully saturated rings. The van der Waals surface area contributed by atoms with Crippen molar-refractivity contribution >= 4 is 28.1 Å². The number of fused-ring (bicyclic) bond motifs is 1. The third-order valence-corrected chi connectivity index (χ3v) is 3.93. The van der Waals surface area contributed by atoms with Gasteiger partial charge >= 0.3 is 5.97 Å². The number of esters is 1. The minimum Gasteiger partial charge on any atom is -0.505 e. The van der Waals surface area contributed by atoms with Crippen LogP contribution in [0.4, 0.5) is 11.4 Å². The number of pyridine rings is 1. The van der Waals surface area contributed by atoms with E-state index >= 15 is 0 Å². The molecule has 0 aliphatic rings. The number of carbonyl (C=O) groups excluding carboxylic acids is 1. The summed E-state index contributed by atoms with van der Waals surface area (Å²) in [4.78, 5) is 15.9. The van der Waals surface area contributed by atoms with Crippen LogP contribution in [-0.4, -0.2) is 30.3 Å². The van der Waals surface area contributed by atoms with E-state index in [9.17, 15) is 9.90 Å². The molecule has 0 unspecified atom stereocenters. The van der Waals surface area contributed by atoms with E-state index in [2.05, 4.69) is 15.0 Å². The van der Waals surface area contributed by atoms with E-state index in [4.69, 9.17) is 4.74 Å². The molecule has 0 bridgehead atoms. The summed E-state index contributed by atoms with van der Waals surface area (Å²) in [5, 5.41) is 14.9. The monoisotopic (exact) mass is 338 g/mol. The normalized spacial score (nSPS) is 10.5. The van der Waals surface area contributed by atoms with E-state index in [0.29, 0.717) is 11.1 Å². The molecular weight excluding hydrogens is 320 g/mol. The molecule has 0 atom stereocenters. The van der Waals surface area contributed by atoms with Crippen LogP contribution in [0.3, 0.4) is 0 Å². The molecule has 6 nitrogen and oxygen atoms in total. The predicted molar refractivity (Wildman–Crippen MR) is 95.8 cm³/mol. The number of nitrogens with zero attached hydrogens (tertiary/aromatic N) is 1. The van der Waals surface area contributed by atoms with Crippen LogP contribution in [0.1, 0.15) is 16.2 Å². The molecule has 0 radical (unpaired) electrons. The fourth-order valence-corrected chi connectivity index (χ4v) is 2.62. The summed E-state index contributed by atoms with van der Waals surface area (Å²) >= 11 is 0. The number of nitrogens with one attached hydrogen (secondary N) is 1. The molecule has 0 amide bonds. The number of rotatable bonds is 4. The first-order valence-electron chi connectivity index (χ1n) is 7.66. The van der Waals surface area contributed by atoms with Crippen LogP contribution in [0.15, 0.2) is 42.5 Å². The van der Waals surface area contributed by atoms with Gasteiger partial charge in [-0.15, -0.1) is 0 Å². The van der Waals surface area contributed by atoms with Gasteiger partial charge in [0.1, 0.15) is 5.75 Å². The van der Waals surface area contributed by atoms with Crippen molar-refractivity contribution in [2.24, 2.45) is 0 Å². The Morgan fingerprint density at radius 2 is 1.72 bits per heavy atom. The number of ether oxygens (including phenoxy) is 2. The van der Waals surface area contributed by atoms with Crippen molar-refractivity contribution < 1.29 is 19.4 Å². The van der Waals surface area contributed by atoms with Crippen LogP contribution < -0.4 is 10.1 Å². The van der Waals surface area contributed by atoms with Crippen molar-refractivity contribution in [2.45, 2.75) is 6.92 Å². The maximum Gasteiger partial charge on any atom is 0.360 e. The standard InChI is InChI=1S/C19H18N2O4/c1-11-16-10-13(21-12-4-7-14(24-2)8-5-12)6-9-15(16)18(22)17(20-11)19(23)25-3/h4-10,21-22H,1-3H3. The van der Waals surface area contributed by atoms with Crippen molar-refractivity contribution in [1.82, 2.24) is 4.98 Å². The SMILES string of the molecule is COC(=O)c1nc(C)c2cc(Nc3ccc(OC)cc3)ccc2c1O. The molecule has 0 aliphatic heterocycles. The van der Waals surface area contributed by atoms with Gasteiger partial charge in [-0.1, -0.05) is 0 Å². The molecule has 0 saturated carbocycles. The lowest BCUT2D eigenvalue weighted by molar-refractivity contribution is 0.0590. The highest BCUT2D eigenvalue weighted by molar-refractivity contribution is 6.01. The van der Waals surface area contributed by atoms with Crippen molar-refractivity contribution in [3.8, 4) is 11.5 Å². The molecule has 0 spiro atoms. The summed E-state index contributed by atoms with van der Waals surface area (Å²) in [6, 6.07) is 13.0. The van der Waals surface area contributed by atoms with Gasteiger partial charge in [0.25, 0.3) is 0 Å². The van der Waals surface area contributed by atoms with Crippen molar-refractivity contribution in [3.63, 3.8) is 0 Å². The fourth-order valence-electron chi connectivity index (χ4n) is 2.62. The number of methoxy groups -OCH3 is 2. The lowest BCUT2D eigenvalue weighted by Gasteiger charge is -2.12. The predicted octanol–water partition coefficient (Wildman–Crippen LogP) is 3.79. The fraction of sp³-hybridized carbons (Fsp3) is 0.158. The first kappa shape index (κ1) is 16.6. The molecule has 3 aromatic rings. The zero-order chi connectivity index (χ0) is 18.0. The maximum atomic E-state index is 11.7. The minimum atomic E-state index is -0.664. The second-order valence-corrected chi connectivity index (χ2v) is 5.50. The Morgan fingerprint density at radius 3 is 2.36 bits per heavy atom. The molecule has 6 heteroatoms. The van der Waals surface area contributed by atoms with E-state index in [1.54, 1.807) is 20.1 Å². The van der Waals surface area contributed by atoms with Gasteiger partial charge < -0.3 is 19.9 Å². The summed E-state index contributed by atoms with van der Waals surface area (Å²) in [5.41, 5.74) is 2.30. The van der Waals surface area contributed by atoms with Crippen molar-refractivity contribution in [2.75, 3.05) is 19.5 Å². The number of benzene rings is 2. The first-order chi connectivity index (χ1) is 12.0. The number of aromatic hydroxyl groups is 1. The van der Waals surface area contributed by atoms with E-state index in [0.717, 1.165) is 22.5 Å². The second kappa shape index (κ2) is 6.68. The van der Waals surface area contributed by atoms with Gasteiger partial charge in [0.2, 0.25) is 0 Å². The molecule has 0 aliphatic carbocycles. The molecule has 2 N–H and O–H groups in total. The van der Waals surface area contributed by atoms with Crippen LogP contribution in [0.25, 0.3) is 10.8 Å². The van der Waals surface area contributed by atoms with Crippen LogP contribution in [0.2, 0.25) is 0 Å². The number of aromatic nitrogens is 1. The largest absolute Gasteiger partial charge is 0.505 e. The smallest absolute Gasteiger partial charge is 0.360 e. The Bertz CT molecular complexity index is 936. The van der Waals surface area contributed by atoms with Crippen molar-refractivity contribution in [3.05, 3.63) is 53.9 Å². The van der Waals surface area contributed by atoms with Crippen LogP contribution >= 0.6 is 0 Å². The molecule has 3 rings (SSSR count). The first-order valence-corrected chi connectivity index (χ1v) is 7.66. The van der Waals surface area contributed by atoms with E-state index in [-0.39, 0.29) is 11.4 Å². The highest BCUT2D eigenvalue weighted by Crippen LogP contribution is 2.32. The molecule has 0 saturated heterocycles. The topological polar surface area (TPSA) is 80.7 Å². The minimum absolute atomic E-state index is 0.0802. The molecule has 2 aromatic carbocycles. The van der Waals surface area contributed by atoms with Crippen LogP contribution in [-0.2, 0) is 4.74 Å². The summed E-state index contributed by atoms with van der Waals surface area (Å²) in [6.07, 6.45) is 0. The van der Waals surface area contributed by atoms with Gasteiger partial charge in [0.05, 0.1) is 14.2 Å². The second-order valence-electron chi connectivity index (χ2n) is 5.50. The van der Waals surface area contributed by atoms with Crippen molar-refractivity contribution in [1.29, 1.82) is 0 Å². The number of carbonyl (C=O) groups is 1. The highest BCUT2D eigenvalue weighted by Gasteiger charge is 2.18. The highest BCUT2D eigenvalue weighted by atomic mass is 16.5. The Kier molecular flexibility index (Phi) is 4.43. The van der Waals surface area contributed by atoms with E-state index in [1.807, 2.05) is 36.4 Å². The summed E-state index contributed by atoms with van der Waals surface area (Å²) < 4.78 is 9.80. The zero-order valence-electron chi connectivity index (χ0n) is 14.2. The number of anilines is 2. The van der Waals surface area contributed by atoms with Gasteiger partial charge in [-0.05, 0) is 49.4 Å². The Balaban J connectivity index is 1.99. The summed E-state index contributed by atoms with van der Waals surface area (Å²) in [5.74, 6) is -0.0595. The van der Waals surface area contributed by atoms with E-state index < -0.39 is 5.97 Å².